The van der Waals surface area contributed by atoms with Crippen LogP contribution in [0.25, 0.3) is 0 Å². The molecule has 0 aromatic heterocycles. The molecule has 0 bridgehead atoms. The maximum atomic E-state index is 12.2. The molecule has 0 radical (unpaired) electrons. The molecule has 7 heteroatoms. The van der Waals surface area contributed by atoms with Gasteiger partial charge in [0, 0.05) is 18.2 Å². The summed E-state index contributed by atoms with van der Waals surface area (Å²) < 4.78 is 36.6. The average Bonchev–Trinajstić information content (AvgIpc) is 2.31. The number of ketones is 1. The lowest BCUT2D eigenvalue weighted by molar-refractivity contribution is -0.223. The second-order valence-corrected chi connectivity index (χ2v) is 3.44. The number of hydrogen-bond donors (Lipinski definition) is 2. The number of carbonyl (C=O) groups is 1. The van der Waals surface area contributed by atoms with Gasteiger partial charge in [-0.2, -0.15) is 13.2 Å². The number of aliphatic hydroxyl groups is 1. The summed E-state index contributed by atoms with van der Waals surface area (Å²) in [6.45, 7) is 0.00324. The third-order valence-corrected chi connectivity index (χ3v) is 1.97. The molecule has 2 N–H and O–H groups in total. The fourth-order valence-electron chi connectivity index (χ4n) is 1.08. The smallest absolute Gasteiger partial charge is 0.389 e. The summed E-state index contributed by atoms with van der Waals surface area (Å²) in [6.07, 6.45) is -4.23. The summed E-state index contributed by atoms with van der Waals surface area (Å²) in [6, 6.07) is 0. The fourth-order valence-corrected chi connectivity index (χ4v) is 1.08. The molecule has 0 amide bonds. The quantitative estimate of drug-likeness (QED) is 0.589. The second kappa shape index (κ2) is 3.31. The molecule has 1 atom stereocenters. The van der Waals surface area contributed by atoms with E-state index in [9.17, 15) is 18.0 Å². The van der Waals surface area contributed by atoms with Crippen molar-refractivity contribution in [1.29, 1.82) is 0 Å². The average molecular weight is 207 g/mol. The summed E-state index contributed by atoms with van der Waals surface area (Å²) in [4.78, 5) is 10.7. The lowest BCUT2D eigenvalue weighted by Crippen LogP contribution is -2.46. The van der Waals surface area contributed by atoms with Gasteiger partial charge in [0.2, 0.25) is 0 Å². The van der Waals surface area contributed by atoms with Crippen molar-refractivity contribution in [3.63, 3.8) is 0 Å². The summed E-state index contributed by atoms with van der Waals surface area (Å²) in [5, 5.41) is 11.6. The van der Waals surface area contributed by atoms with Crippen LogP contribution in [0.2, 0.25) is 0 Å². The molecule has 1 heterocycles. The van der Waals surface area contributed by atoms with Crippen LogP contribution in [-0.4, -0.2) is 37.0 Å². The van der Waals surface area contributed by atoms with Crippen LogP contribution in [0.15, 0.2) is 11.8 Å². The van der Waals surface area contributed by atoms with Crippen molar-refractivity contribution in [1.82, 2.24) is 5.32 Å². The zero-order valence-electron chi connectivity index (χ0n) is 7.48. The van der Waals surface area contributed by atoms with E-state index in [-0.39, 0.29) is 18.0 Å². The molecule has 0 fully saturated rings. The number of halogens is 3. The van der Waals surface area contributed by atoms with Gasteiger partial charge in [-0.25, -0.2) is 0 Å². The van der Waals surface area contributed by atoms with Crippen LogP contribution in [0.3, 0.4) is 0 Å². The molecular weight excluding hydrogens is 198 g/mol. The van der Waals surface area contributed by atoms with Crippen molar-refractivity contribution in [2.24, 2.45) is 0 Å². The van der Waals surface area contributed by atoms with Gasteiger partial charge in [-0.1, -0.05) is 0 Å². The standard InChI is InChI=1S/C7H9BF3NO2/c8-6(14,7(9,10)11)2-4-1-5(13)3-12-4/h1,12,14H,2-3,8H2. The van der Waals surface area contributed by atoms with E-state index in [0.29, 0.717) is 7.85 Å². The Balaban J connectivity index is 2.69. The molecule has 78 valence electrons. The van der Waals surface area contributed by atoms with Gasteiger partial charge in [-0.05, 0) is 0 Å². The van der Waals surface area contributed by atoms with Gasteiger partial charge >= 0.3 is 6.18 Å². The lowest BCUT2D eigenvalue weighted by Gasteiger charge is -2.26. The van der Waals surface area contributed by atoms with Gasteiger partial charge in [0.1, 0.15) is 5.50 Å². The van der Waals surface area contributed by atoms with Gasteiger partial charge in [-0.3, -0.25) is 4.79 Å². The molecule has 0 saturated heterocycles. The monoisotopic (exact) mass is 207 g/mol. The first kappa shape index (κ1) is 11.1. The van der Waals surface area contributed by atoms with E-state index < -0.39 is 18.1 Å². The van der Waals surface area contributed by atoms with Crippen molar-refractivity contribution < 1.29 is 23.1 Å². The number of carbonyl (C=O) groups excluding carboxylic acids is 1. The zero-order valence-corrected chi connectivity index (χ0v) is 7.48. The van der Waals surface area contributed by atoms with Crippen LogP contribution < -0.4 is 5.32 Å². The van der Waals surface area contributed by atoms with Gasteiger partial charge in [-0.15, -0.1) is 0 Å². The van der Waals surface area contributed by atoms with Crippen LogP contribution in [0.5, 0.6) is 0 Å². The Morgan fingerprint density at radius 2 is 2.14 bits per heavy atom. The minimum absolute atomic E-state index is 0.00324. The summed E-state index contributed by atoms with van der Waals surface area (Å²) >= 11 is 0. The Hall–Kier alpha value is -0.975. The maximum Gasteiger partial charge on any atom is 0.409 e. The van der Waals surface area contributed by atoms with Crippen LogP contribution in [-0.2, 0) is 4.79 Å². The topological polar surface area (TPSA) is 49.3 Å². The zero-order chi connectivity index (χ0) is 11.0. The largest absolute Gasteiger partial charge is 0.409 e. The Morgan fingerprint density at radius 1 is 1.57 bits per heavy atom. The first-order chi connectivity index (χ1) is 6.22. The molecular formula is C7H9BF3NO2. The van der Waals surface area contributed by atoms with E-state index in [2.05, 4.69) is 5.32 Å². The van der Waals surface area contributed by atoms with E-state index in [1.807, 2.05) is 0 Å². The van der Waals surface area contributed by atoms with Gasteiger partial charge < -0.3 is 10.4 Å². The highest BCUT2D eigenvalue weighted by molar-refractivity contribution is 6.15. The summed E-state index contributed by atoms with van der Waals surface area (Å²) in [5.74, 6) is -0.280. The van der Waals surface area contributed by atoms with Crippen LogP contribution in [0, 0.1) is 0 Å². The minimum Gasteiger partial charge on any atom is -0.389 e. The molecule has 1 aliphatic rings. The minimum atomic E-state index is -4.69. The van der Waals surface area contributed by atoms with Gasteiger partial charge in [0.15, 0.2) is 13.6 Å². The highest BCUT2D eigenvalue weighted by atomic mass is 19.4. The van der Waals surface area contributed by atoms with E-state index in [1.54, 1.807) is 0 Å². The molecule has 0 aromatic rings. The predicted molar refractivity (Wildman–Crippen MR) is 45.3 cm³/mol. The molecule has 1 aliphatic heterocycles. The molecule has 1 unspecified atom stereocenters. The van der Waals surface area contributed by atoms with Crippen LogP contribution in [0.1, 0.15) is 6.42 Å². The number of nitrogens with one attached hydrogen (secondary N) is 1. The number of alkyl halides is 3. The second-order valence-electron chi connectivity index (χ2n) is 3.44. The molecule has 0 aliphatic carbocycles. The Morgan fingerprint density at radius 3 is 2.50 bits per heavy atom. The SMILES string of the molecule is BC(O)(CC1=CC(=O)CN1)C(F)(F)F. The Bertz CT molecular complexity index is 285. The molecule has 14 heavy (non-hydrogen) atoms. The predicted octanol–water partition coefficient (Wildman–Crippen LogP) is -0.683. The third kappa shape index (κ3) is 2.28. The molecule has 0 spiro atoms. The highest BCUT2D eigenvalue weighted by Crippen LogP contribution is 2.32. The van der Waals surface area contributed by atoms with Crippen molar-refractivity contribution in [2.45, 2.75) is 18.1 Å². The van der Waals surface area contributed by atoms with Gasteiger partial charge in [0.05, 0.1) is 6.54 Å². The fraction of sp³-hybridized carbons (Fsp3) is 0.571. The van der Waals surface area contributed by atoms with Crippen molar-refractivity contribution in [3.05, 3.63) is 11.8 Å². The van der Waals surface area contributed by atoms with Gasteiger partial charge in [0.25, 0.3) is 0 Å². The molecule has 3 nitrogen and oxygen atoms in total. The van der Waals surface area contributed by atoms with E-state index in [4.69, 9.17) is 5.11 Å². The highest BCUT2D eigenvalue weighted by Gasteiger charge is 2.49. The molecule has 0 saturated carbocycles. The molecule has 0 aromatic carbocycles. The maximum absolute atomic E-state index is 12.2. The lowest BCUT2D eigenvalue weighted by atomic mass is 9.77. The third-order valence-electron chi connectivity index (χ3n) is 1.97. The van der Waals surface area contributed by atoms with E-state index in [0.717, 1.165) is 6.08 Å². The van der Waals surface area contributed by atoms with E-state index >= 15 is 0 Å². The van der Waals surface area contributed by atoms with E-state index in [1.165, 1.54) is 0 Å². The van der Waals surface area contributed by atoms with Crippen molar-refractivity contribution in [3.8, 4) is 0 Å². The first-order valence-electron chi connectivity index (χ1n) is 3.99. The van der Waals surface area contributed by atoms with Crippen molar-refractivity contribution in [2.75, 3.05) is 6.54 Å². The van der Waals surface area contributed by atoms with Crippen LogP contribution >= 0.6 is 0 Å². The molecule has 1 rings (SSSR count). The van der Waals surface area contributed by atoms with Crippen molar-refractivity contribution >= 4 is 13.6 Å². The Kier molecular flexibility index (Phi) is 2.62. The normalized spacial score (nSPS) is 21.4. The Labute approximate surface area is 79.4 Å². The first-order valence-corrected chi connectivity index (χ1v) is 3.99. The number of hydrogen-bond acceptors (Lipinski definition) is 3. The summed E-state index contributed by atoms with van der Waals surface area (Å²) in [5.41, 5.74) is -2.67. The van der Waals surface area contributed by atoms with Crippen LogP contribution in [0.4, 0.5) is 13.2 Å². The summed E-state index contributed by atoms with van der Waals surface area (Å²) in [7, 11) is 0.679. The number of rotatable bonds is 2.